The lowest BCUT2D eigenvalue weighted by molar-refractivity contribution is -0.144. The SMILES string of the molecule is N#Cc1nc(C(F)(F)F)nc(N)c1-c1ccccc1. The van der Waals surface area contributed by atoms with Crippen LogP contribution in [0.25, 0.3) is 11.1 Å². The van der Waals surface area contributed by atoms with Crippen molar-refractivity contribution >= 4 is 5.82 Å². The highest BCUT2D eigenvalue weighted by atomic mass is 19.4. The second kappa shape index (κ2) is 4.57. The molecule has 0 unspecified atom stereocenters. The lowest BCUT2D eigenvalue weighted by Gasteiger charge is -2.10. The number of halogens is 3. The van der Waals surface area contributed by atoms with E-state index in [1.54, 1.807) is 36.4 Å². The predicted octanol–water partition coefficient (Wildman–Crippen LogP) is 2.62. The van der Waals surface area contributed by atoms with Crippen molar-refractivity contribution < 1.29 is 13.2 Å². The van der Waals surface area contributed by atoms with Gasteiger partial charge in [0, 0.05) is 0 Å². The van der Waals surface area contributed by atoms with Crippen LogP contribution in [0.4, 0.5) is 19.0 Å². The van der Waals surface area contributed by atoms with Crippen molar-refractivity contribution in [3.05, 3.63) is 41.9 Å². The zero-order chi connectivity index (χ0) is 14.0. The van der Waals surface area contributed by atoms with E-state index in [0.29, 0.717) is 5.56 Å². The molecule has 0 atom stereocenters. The van der Waals surface area contributed by atoms with Crippen molar-refractivity contribution in [2.24, 2.45) is 0 Å². The fourth-order valence-corrected chi connectivity index (χ4v) is 1.58. The third kappa shape index (κ3) is 2.47. The smallest absolute Gasteiger partial charge is 0.383 e. The Morgan fingerprint density at radius 3 is 2.26 bits per heavy atom. The second-order valence-electron chi connectivity index (χ2n) is 3.63. The second-order valence-corrected chi connectivity index (χ2v) is 3.63. The number of hydrogen-bond acceptors (Lipinski definition) is 4. The average Bonchev–Trinajstić information content (AvgIpc) is 2.37. The summed E-state index contributed by atoms with van der Waals surface area (Å²) in [4.78, 5) is 6.44. The first-order valence-electron chi connectivity index (χ1n) is 5.13. The molecule has 0 fully saturated rings. The third-order valence-corrected chi connectivity index (χ3v) is 2.36. The molecule has 0 saturated heterocycles. The summed E-state index contributed by atoms with van der Waals surface area (Å²) in [5.41, 5.74) is 5.73. The maximum Gasteiger partial charge on any atom is 0.451 e. The molecule has 0 aliphatic rings. The van der Waals surface area contributed by atoms with E-state index in [0.717, 1.165) is 0 Å². The number of nitriles is 1. The minimum absolute atomic E-state index is 0.108. The highest BCUT2D eigenvalue weighted by Gasteiger charge is 2.36. The topological polar surface area (TPSA) is 75.6 Å². The van der Waals surface area contributed by atoms with E-state index in [1.807, 2.05) is 0 Å². The molecule has 0 bridgehead atoms. The van der Waals surface area contributed by atoms with Crippen molar-refractivity contribution in [1.29, 1.82) is 5.26 Å². The molecule has 2 N–H and O–H groups in total. The summed E-state index contributed by atoms with van der Waals surface area (Å²) in [6, 6.07) is 9.93. The summed E-state index contributed by atoms with van der Waals surface area (Å²) in [6.45, 7) is 0. The first-order valence-corrected chi connectivity index (χ1v) is 5.13. The molecule has 0 amide bonds. The average molecular weight is 264 g/mol. The molecule has 19 heavy (non-hydrogen) atoms. The summed E-state index contributed by atoms with van der Waals surface area (Å²) in [5, 5.41) is 8.93. The van der Waals surface area contributed by atoms with Gasteiger partial charge in [-0.25, -0.2) is 9.97 Å². The van der Waals surface area contributed by atoms with Crippen molar-refractivity contribution in [1.82, 2.24) is 9.97 Å². The van der Waals surface area contributed by atoms with Gasteiger partial charge in [-0.3, -0.25) is 0 Å². The Morgan fingerprint density at radius 2 is 1.74 bits per heavy atom. The van der Waals surface area contributed by atoms with Crippen LogP contribution >= 0.6 is 0 Å². The number of rotatable bonds is 1. The maximum atomic E-state index is 12.5. The summed E-state index contributed by atoms with van der Waals surface area (Å²) in [5.74, 6) is -1.79. The lowest BCUT2D eigenvalue weighted by atomic mass is 10.0. The molecule has 4 nitrogen and oxygen atoms in total. The Hall–Kier alpha value is -2.62. The van der Waals surface area contributed by atoms with Crippen LogP contribution in [-0.2, 0) is 6.18 Å². The van der Waals surface area contributed by atoms with Gasteiger partial charge in [0.1, 0.15) is 11.9 Å². The zero-order valence-electron chi connectivity index (χ0n) is 9.44. The summed E-state index contributed by atoms with van der Waals surface area (Å²) in [7, 11) is 0. The van der Waals surface area contributed by atoms with E-state index in [-0.39, 0.29) is 11.4 Å². The van der Waals surface area contributed by atoms with Crippen LogP contribution < -0.4 is 5.73 Å². The van der Waals surface area contributed by atoms with Crippen LogP contribution in [0.1, 0.15) is 11.5 Å². The minimum atomic E-state index is -4.74. The first-order chi connectivity index (χ1) is 8.93. The zero-order valence-corrected chi connectivity index (χ0v) is 9.44. The van der Waals surface area contributed by atoms with Gasteiger partial charge in [-0.05, 0) is 5.56 Å². The molecule has 2 rings (SSSR count). The van der Waals surface area contributed by atoms with Crippen LogP contribution in [0.2, 0.25) is 0 Å². The molecule has 1 aromatic heterocycles. The highest BCUT2D eigenvalue weighted by Crippen LogP contribution is 2.32. The standard InChI is InChI=1S/C12H7F3N4/c13-12(14,15)11-18-8(6-16)9(10(17)19-11)7-4-2-1-3-5-7/h1-5H,(H2,17,18,19). The molecule has 7 heteroatoms. The number of anilines is 1. The van der Waals surface area contributed by atoms with E-state index >= 15 is 0 Å². The van der Waals surface area contributed by atoms with Crippen molar-refractivity contribution in [3.8, 4) is 17.2 Å². The van der Waals surface area contributed by atoms with Crippen molar-refractivity contribution in [3.63, 3.8) is 0 Å². The summed E-state index contributed by atoms with van der Waals surface area (Å²) in [6.07, 6.45) is -4.74. The quantitative estimate of drug-likeness (QED) is 0.859. The van der Waals surface area contributed by atoms with Gasteiger partial charge in [0.05, 0.1) is 5.56 Å². The molecule has 96 valence electrons. The molecule has 1 heterocycles. The third-order valence-electron chi connectivity index (χ3n) is 2.36. The van der Waals surface area contributed by atoms with Crippen LogP contribution in [0, 0.1) is 11.3 Å². The van der Waals surface area contributed by atoms with Gasteiger partial charge in [0.25, 0.3) is 0 Å². The summed E-state index contributed by atoms with van der Waals surface area (Å²) >= 11 is 0. The fraction of sp³-hybridized carbons (Fsp3) is 0.0833. The van der Waals surface area contributed by atoms with Crippen LogP contribution in [-0.4, -0.2) is 9.97 Å². The Morgan fingerprint density at radius 1 is 1.11 bits per heavy atom. The van der Waals surface area contributed by atoms with Gasteiger partial charge < -0.3 is 5.73 Å². The molecular weight excluding hydrogens is 257 g/mol. The summed E-state index contributed by atoms with van der Waals surface area (Å²) < 4.78 is 37.6. The van der Waals surface area contributed by atoms with E-state index < -0.39 is 17.7 Å². The Labute approximate surface area is 106 Å². The highest BCUT2D eigenvalue weighted by molar-refractivity contribution is 5.78. The first kappa shape index (κ1) is 12.8. The molecule has 1 aromatic carbocycles. The van der Waals surface area contributed by atoms with Gasteiger partial charge in [-0.1, -0.05) is 30.3 Å². The monoisotopic (exact) mass is 264 g/mol. The Kier molecular flexibility index (Phi) is 3.09. The van der Waals surface area contributed by atoms with E-state index in [4.69, 9.17) is 11.0 Å². The van der Waals surface area contributed by atoms with Crippen molar-refractivity contribution in [2.75, 3.05) is 5.73 Å². The molecule has 0 radical (unpaired) electrons. The minimum Gasteiger partial charge on any atom is -0.383 e. The Bertz CT molecular complexity index is 645. The Balaban J connectivity index is 2.68. The normalized spacial score (nSPS) is 11.1. The molecule has 0 spiro atoms. The van der Waals surface area contributed by atoms with Gasteiger partial charge in [-0.2, -0.15) is 18.4 Å². The van der Waals surface area contributed by atoms with Crippen LogP contribution in [0.3, 0.4) is 0 Å². The van der Waals surface area contributed by atoms with Crippen molar-refractivity contribution in [2.45, 2.75) is 6.18 Å². The lowest BCUT2D eigenvalue weighted by Crippen LogP contribution is -2.14. The fourth-order valence-electron chi connectivity index (χ4n) is 1.58. The van der Waals surface area contributed by atoms with E-state index in [9.17, 15) is 13.2 Å². The van der Waals surface area contributed by atoms with E-state index in [2.05, 4.69) is 9.97 Å². The molecule has 2 aromatic rings. The number of hydrogen-bond donors (Lipinski definition) is 1. The number of nitrogens with two attached hydrogens (primary N) is 1. The number of alkyl halides is 3. The van der Waals surface area contributed by atoms with Crippen LogP contribution in [0.15, 0.2) is 30.3 Å². The predicted molar refractivity (Wildman–Crippen MR) is 61.6 cm³/mol. The van der Waals surface area contributed by atoms with Crippen LogP contribution in [0.5, 0.6) is 0 Å². The van der Waals surface area contributed by atoms with Gasteiger partial charge in [0.15, 0.2) is 5.69 Å². The van der Waals surface area contributed by atoms with E-state index in [1.165, 1.54) is 0 Å². The number of aromatic nitrogens is 2. The molecule has 0 saturated carbocycles. The van der Waals surface area contributed by atoms with Gasteiger partial charge in [0.2, 0.25) is 5.82 Å². The maximum absolute atomic E-state index is 12.5. The molecule has 0 aliphatic heterocycles. The molecular formula is C12H7F3N4. The van der Waals surface area contributed by atoms with Gasteiger partial charge in [-0.15, -0.1) is 0 Å². The molecule has 0 aliphatic carbocycles. The largest absolute Gasteiger partial charge is 0.451 e. The number of benzene rings is 1. The van der Waals surface area contributed by atoms with Gasteiger partial charge >= 0.3 is 6.18 Å². The number of nitrogen functional groups attached to an aromatic ring is 1. The number of nitrogens with zero attached hydrogens (tertiary/aromatic N) is 3.